The summed E-state index contributed by atoms with van der Waals surface area (Å²) in [6.45, 7) is 9.45. The molecule has 1 aliphatic heterocycles. The second-order valence-electron chi connectivity index (χ2n) is 5.66. The monoisotopic (exact) mass is 272 g/mol. The van der Waals surface area contributed by atoms with Crippen LogP contribution >= 0.6 is 0 Å². The molecule has 0 aromatic heterocycles. The van der Waals surface area contributed by atoms with Gasteiger partial charge in [-0.15, -0.1) is 0 Å². The van der Waals surface area contributed by atoms with Crippen molar-refractivity contribution in [2.24, 2.45) is 0 Å². The molecule has 2 N–H and O–H groups in total. The Bertz CT molecular complexity index is 607. The van der Waals surface area contributed by atoms with Gasteiger partial charge in [0, 0.05) is 5.69 Å². The van der Waals surface area contributed by atoms with Crippen LogP contribution in [-0.2, 0) is 9.53 Å². The maximum Gasteiger partial charge on any atom is 0.261 e. The number of carbonyl (C=O) groups is 1. The zero-order chi connectivity index (χ0) is 15.1. The van der Waals surface area contributed by atoms with E-state index in [0.29, 0.717) is 5.57 Å². The fraction of sp³-hybridized carbons (Fsp3) is 0.375. The Morgan fingerprint density at radius 1 is 1.20 bits per heavy atom. The van der Waals surface area contributed by atoms with E-state index in [1.807, 2.05) is 52.8 Å². The predicted octanol–water partition coefficient (Wildman–Crippen LogP) is 3.34. The number of nitrogens with one attached hydrogen (secondary N) is 2. The molecule has 1 heterocycles. The topological polar surface area (TPSA) is 62.2 Å². The molecule has 0 radical (unpaired) electrons. The Labute approximate surface area is 119 Å². The Hall–Kier alpha value is -2.10. The van der Waals surface area contributed by atoms with Crippen LogP contribution in [0.2, 0.25) is 0 Å². The zero-order valence-electron chi connectivity index (χ0n) is 12.5. The van der Waals surface area contributed by atoms with Crippen LogP contribution in [-0.4, -0.2) is 17.4 Å². The number of hydrogen-bond donors (Lipinski definition) is 2. The van der Waals surface area contributed by atoms with Gasteiger partial charge in [-0.1, -0.05) is 18.2 Å². The van der Waals surface area contributed by atoms with E-state index in [2.05, 4.69) is 5.32 Å². The Morgan fingerprint density at radius 3 is 2.20 bits per heavy atom. The van der Waals surface area contributed by atoms with Crippen molar-refractivity contribution in [3.8, 4) is 0 Å². The van der Waals surface area contributed by atoms with Gasteiger partial charge in [-0.25, -0.2) is 0 Å². The van der Waals surface area contributed by atoms with E-state index >= 15 is 0 Å². The second-order valence-corrected chi connectivity index (χ2v) is 5.66. The summed E-state index contributed by atoms with van der Waals surface area (Å²) in [5.74, 6) is -0.341. The first-order valence-electron chi connectivity index (χ1n) is 6.61. The van der Waals surface area contributed by atoms with Crippen molar-refractivity contribution in [2.75, 3.05) is 5.32 Å². The maximum absolute atomic E-state index is 12.4. The van der Waals surface area contributed by atoms with E-state index < -0.39 is 5.60 Å². The smallest absolute Gasteiger partial charge is 0.261 e. The fourth-order valence-corrected chi connectivity index (χ4v) is 2.32. The van der Waals surface area contributed by atoms with E-state index in [4.69, 9.17) is 10.1 Å². The minimum Gasteiger partial charge on any atom is -0.467 e. The van der Waals surface area contributed by atoms with E-state index in [-0.39, 0.29) is 11.8 Å². The third-order valence-corrected chi connectivity index (χ3v) is 3.81. The minimum absolute atomic E-state index is 0.0590. The van der Waals surface area contributed by atoms with Gasteiger partial charge in [-0.2, -0.15) is 0 Å². The first-order chi connectivity index (χ1) is 9.24. The molecule has 0 spiro atoms. The van der Waals surface area contributed by atoms with Crippen LogP contribution < -0.4 is 5.32 Å². The number of rotatable bonds is 2. The van der Waals surface area contributed by atoms with Gasteiger partial charge in [0.15, 0.2) is 0 Å². The lowest BCUT2D eigenvalue weighted by Gasteiger charge is -2.18. The average Bonchev–Trinajstić information content (AvgIpc) is 2.53. The van der Waals surface area contributed by atoms with Gasteiger partial charge in [-0.3, -0.25) is 10.2 Å². The van der Waals surface area contributed by atoms with Crippen LogP contribution in [0.3, 0.4) is 0 Å². The Morgan fingerprint density at radius 2 is 1.75 bits per heavy atom. The summed E-state index contributed by atoms with van der Waals surface area (Å²) in [7, 11) is 0. The summed E-state index contributed by atoms with van der Waals surface area (Å²) in [5.41, 5.74) is 3.33. The molecular formula is C16H20N2O2. The van der Waals surface area contributed by atoms with E-state index in [1.54, 1.807) is 0 Å². The third-order valence-electron chi connectivity index (χ3n) is 3.81. The van der Waals surface area contributed by atoms with Gasteiger partial charge in [0.1, 0.15) is 11.2 Å². The van der Waals surface area contributed by atoms with Crippen LogP contribution in [0.5, 0.6) is 0 Å². The molecular weight excluding hydrogens is 252 g/mol. The van der Waals surface area contributed by atoms with Gasteiger partial charge >= 0.3 is 0 Å². The van der Waals surface area contributed by atoms with Crippen LogP contribution in [0.15, 0.2) is 29.3 Å². The SMILES string of the molecule is CC1=C(C(=O)Nc2c(C)cccc2C)C(=N)OC1(C)C. The lowest BCUT2D eigenvalue weighted by Crippen LogP contribution is -2.21. The zero-order valence-corrected chi connectivity index (χ0v) is 12.5. The molecule has 0 saturated carbocycles. The fourth-order valence-electron chi connectivity index (χ4n) is 2.32. The number of benzene rings is 1. The Kier molecular flexibility index (Phi) is 3.42. The molecule has 4 nitrogen and oxygen atoms in total. The Balaban J connectivity index is 2.35. The summed E-state index contributed by atoms with van der Waals surface area (Å²) in [6, 6.07) is 5.85. The number of anilines is 1. The van der Waals surface area contributed by atoms with Crippen LogP contribution in [0.4, 0.5) is 5.69 Å². The summed E-state index contributed by atoms with van der Waals surface area (Å²) in [4.78, 5) is 12.4. The van der Waals surface area contributed by atoms with Crippen molar-refractivity contribution in [3.63, 3.8) is 0 Å². The second kappa shape index (κ2) is 4.78. The highest BCUT2D eigenvalue weighted by Gasteiger charge is 2.38. The average molecular weight is 272 g/mol. The van der Waals surface area contributed by atoms with Crippen LogP contribution in [0.1, 0.15) is 31.9 Å². The summed E-state index contributed by atoms with van der Waals surface area (Å²) >= 11 is 0. The molecule has 1 aromatic carbocycles. The van der Waals surface area contributed by atoms with Crippen molar-refractivity contribution in [1.29, 1.82) is 5.41 Å². The maximum atomic E-state index is 12.4. The molecule has 1 aliphatic rings. The molecule has 20 heavy (non-hydrogen) atoms. The molecule has 0 aliphatic carbocycles. The molecule has 1 amide bonds. The highest BCUT2D eigenvalue weighted by Crippen LogP contribution is 2.33. The highest BCUT2D eigenvalue weighted by molar-refractivity contribution is 6.24. The molecule has 0 saturated heterocycles. The molecule has 2 rings (SSSR count). The number of aryl methyl sites for hydroxylation is 2. The molecule has 0 fully saturated rings. The van der Waals surface area contributed by atoms with Crippen molar-refractivity contribution < 1.29 is 9.53 Å². The van der Waals surface area contributed by atoms with Crippen molar-refractivity contribution in [1.82, 2.24) is 0 Å². The highest BCUT2D eigenvalue weighted by atomic mass is 16.5. The molecule has 1 aromatic rings. The quantitative estimate of drug-likeness (QED) is 0.867. The number of hydrogen-bond acceptors (Lipinski definition) is 3. The van der Waals surface area contributed by atoms with Crippen molar-refractivity contribution in [3.05, 3.63) is 40.5 Å². The first-order valence-corrected chi connectivity index (χ1v) is 6.61. The molecule has 0 unspecified atom stereocenters. The lowest BCUT2D eigenvalue weighted by atomic mass is 9.97. The van der Waals surface area contributed by atoms with Crippen LogP contribution in [0, 0.1) is 19.3 Å². The standard InChI is InChI=1S/C16H20N2O2/c1-9-7-6-8-10(2)13(9)18-15(19)12-11(3)16(4,5)20-14(12)17/h6-8,17H,1-5H3,(H,18,19). The summed E-state index contributed by atoms with van der Waals surface area (Å²) < 4.78 is 5.44. The first kappa shape index (κ1) is 14.3. The molecule has 0 atom stereocenters. The normalized spacial score (nSPS) is 17.1. The van der Waals surface area contributed by atoms with Gasteiger partial charge in [0.25, 0.3) is 5.91 Å². The summed E-state index contributed by atoms with van der Waals surface area (Å²) in [6.07, 6.45) is 0. The van der Waals surface area contributed by atoms with Crippen LogP contribution in [0.25, 0.3) is 0 Å². The summed E-state index contributed by atoms with van der Waals surface area (Å²) in [5, 5.41) is 10.8. The number of ether oxygens (including phenoxy) is 1. The molecule has 0 bridgehead atoms. The predicted molar refractivity (Wildman–Crippen MR) is 80.1 cm³/mol. The van der Waals surface area contributed by atoms with Gasteiger partial charge in [0.2, 0.25) is 5.90 Å². The van der Waals surface area contributed by atoms with Crippen molar-refractivity contribution in [2.45, 2.75) is 40.2 Å². The lowest BCUT2D eigenvalue weighted by molar-refractivity contribution is -0.112. The van der Waals surface area contributed by atoms with E-state index in [1.165, 1.54) is 0 Å². The van der Waals surface area contributed by atoms with E-state index in [0.717, 1.165) is 22.4 Å². The van der Waals surface area contributed by atoms with Gasteiger partial charge < -0.3 is 10.1 Å². The molecule has 106 valence electrons. The number of carbonyl (C=O) groups excluding carboxylic acids is 1. The minimum atomic E-state index is -0.593. The molecule has 4 heteroatoms. The van der Waals surface area contributed by atoms with Crippen molar-refractivity contribution >= 4 is 17.5 Å². The van der Waals surface area contributed by atoms with Gasteiger partial charge in [-0.05, 0) is 51.3 Å². The number of para-hydroxylation sites is 1. The van der Waals surface area contributed by atoms with E-state index in [9.17, 15) is 4.79 Å². The third kappa shape index (κ3) is 2.33. The largest absolute Gasteiger partial charge is 0.467 e. The van der Waals surface area contributed by atoms with Gasteiger partial charge in [0.05, 0.1) is 0 Å². The number of amides is 1.